The van der Waals surface area contributed by atoms with Crippen molar-refractivity contribution in [2.45, 2.75) is 12.8 Å². The van der Waals surface area contributed by atoms with E-state index in [9.17, 15) is 9.59 Å². The molecule has 0 saturated carbocycles. The van der Waals surface area contributed by atoms with Gasteiger partial charge in [-0.15, -0.1) is 0 Å². The van der Waals surface area contributed by atoms with Crippen molar-refractivity contribution in [3.8, 4) is 0 Å². The van der Waals surface area contributed by atoms with Crippen molar-refractivity contribution in [1.29, 1.82) is 0 Å². The van der Waals surface area contributed by atoms with E-state index in [1.54, 1.807) is 0 Å². The number of hydrogen-bond acceptors (Lipinski definition) is 2. The summed E-state index contributed by atoms with van der Waals surface area (Å²) in [6.07, 6.45) is 5.35. The first kappa shape index (κ1) is 13.3. The fourth-order valence-electron chi connectivity index (χ4n) is 2.69. The third kappa shape index (κ3) is 2.16. The Hall–Kier alpha value is -0.690. The summed E-state index contributed by atoms with van der Waals surface area (Å²) < 4.78 is 1.78. The third-order valence-corrected chi connectivity index (χ3v) is 5.00. The number of halogens is 2. The number of nitrogens with zero attached hydrogens (tertiary/aromatic N) is 1. The summed E-state index contributed by atoms with van der Waals surface area (Å²) in [4.78, 5) is 26.3. The first-order valence-corrected chi connectivity index (χ1v) is 7.94. The average Bonchev–Trinajstić information content (AvgIpc) is 2.66. The minimum Gasteiger partial charge on any atom is -0.274 e. The van der Waals surface area contributed by atoms with Gasteiger partial charge in [-0.3, -0.25) is 9.59 Å². The van der Waals surface area contributed by atoms with Gasteiger partial charge in [0.1, 0.15) is 0 Å². The molecule has 3 nitrogen and oxygen atoms in total. The van der Waals surface area contributed by atoms with Crippen LogP contribution in [0, 0.1) is 15.4 Å². The van der Waals surface area contributed by atoms with Crippen LogP contribution in [0.3, 0.4) is 0 Å². The van der Waals surface area contributed by atoms with Crippen LogP contribution in [-0.2, 0) is 9.59 Å². The van der Waals surface area contributed by atoms with Crippen molar-refractivity contribution >= 4 is 56.0 Å². The molecule has 5 heteroatoms. The zero-order chi connectivity index (χ0) is 13.6. The molecule has 0 unspecified atom stereocenters. The maximum Gasteiger partial charge on any atom is 0.238 e. The summed E-state index contributed by atoms with van der Waals surface area (Å²) in [6.45, 7) is 0. The SMILES string of the molecule is O=C1[C@H]2CC=CC[C@H]2C(=O)N1c1cc(I)ccc1Br. The van der Waals surface area contributed by atoms with E-state index in [1.807, 2.05) is 30.4 Å². The first-order valence-electron chi connectivity index (χ1n) is 6.07. The number of anilines is 1. The van der Waals surface area contributed by atoms with Crippen molar-refractivity contribution in [2.24, 2.45) is 11.8 Å². The van der Waals surface area contributed by atoms with Crippen molar-refractivity contribution in [2.75, 3.05) is 4.90 Å². The Morgan fingerprint density at radius 3 is 2.26 bits per heavy atom. The molecule has 98 valence electrons. The van der Waals surface area contributed by atoms with Gasteiger partial charge in [-0.25, -0.2) is 4.90 Å². The summed E-state index contributed by atoms with van der Waals surface area (Å²) in [7, 11) is 0. The molecule has 1 fully saturated rings. The van der Waals surface area contributed by atoms with E-state index in [0.29, 0.717) is 18.5 Å². The minimum atomic E-state index is -0.178. The Labute approximate surface area is 133 Å². The van der Waals surface area contributed by atoms with E-state index >= 15 is 0 Å². The number of imide groups is 1. The lowest BCUT2D eigenvalue weighted by atomic mass is 9.85. The Kier molecular flexibility index (Phi) is 3.51. The molecule has 1 aromatic rings. The Morgan fingerprint density at radius 1 is 1.11 bits per heavy atom. The van der Waals surface area contributed by atoms with Crippen molar-refractivity contribution in [1.82, 2.24) is 0 Å². The quantitative estimate of drug-likeness (QED) is 0.387. The molecule has 1 saturated heterocycles. The van der Waals surface area contributed by atoms with Crippen LogP contribution in [0.25, 0.3) is 0 Å². The van der Waals surface area contributed by atoms with Gasteiger partial charge in [0, 0.05) is 8.04 Å². The van der Waals surface area contributed by atoms with Crippen molar-refractivity contribution in [3.63, 3.8) is 0 Å². The summed E-state index contributed by atoms with van der Waals surface area (Å²) >= 11 is 5.61. The van der Waals surface area contributed by atoms with E-state index in [0.717, 1.165) is 8.04 Å². The van der Waals surface area contributed by atoms with E-state index < -0.39 is 0 Å². The standard InChI is InChI=1S/C14H11BrINO2/c15-11-6-5-8(16)7-12(11)17-13(18)9-3-1-2-4-10(9)14(17)19/h1-2,5-7,9-10H,3-4H2/t9-,10+. The molecular formula is C14H11BrINO2. The number of rotatable bonds is 1. The normalized spacial score (nSPS) is 25.9. The molecule has 1 aromatic carbocycles. The van der Waals surface area contributed by atoms with Gasteiger partial charge in [0.25, 0.3) is 0 Å². The zero-order valence-corrected chi connectivity index (χ0v) is 13.7. The van der Waals surface area contributed by atoms with Crippen LogP contribution in [0.15, 0.2) is 34.8 Å². The highest BCUT2D eigenvalue weighted by molar-refractivity contribution is 14.1. The smallest absolute Gasteiger partial charge is 0.238 e. The lowest BCUT2D eigenvalue weighted by molar-refractivity contribution is -0.122. The number of amides is 2. The number of carbonyl (C=O) groups excluding carboxylic acids is 2. The summed E-state index contributed by atoms with van der Waals surface area (Å²) in [6, 6.07) is 5.68. The monoisotopic (exact) mass is 431 g/mol. The maximum absolute atomic E-state index is 12.5. The van der Waals surface area contributed by atoms with Gasteiger partial charge in [0.15, 0.2) is 0 Å². The van der Waals surface area contributed by atoms with Crippen LogP contribution < -0.4 is 4.90 Å². The molecule has 1 heterocycles. The third-order valence-electron chi connectivity index (χ3n) is 3.66. The molecule has 1 aliphatic carbocycles. The molecule has 0 bridgehead atoms. The van der Waals surface area contributed by atoms with Crippen LogP contribution in [0.1, 0.15) is 12.8 Å². The molecule has 1 aliphatic heterocycles. The highest BCUT2D eigenvalue weighted by atomic mass is 127. The fourth-order valence-corrected chi connectivity index (χ4v) is 3.59. The summed E-state index contributed by atoms with van der Waals surface area (Å²) in [5.41, 5.74) is 0.663. The number of carbonyl (C=O) groups is 2. The lowest BCUT2D eigenvalue weighted by Gasteiger charge is -2.16. The Morgan fingerprint density at radius 2 is 1.68 bits per heavy atom. The van der Waals surface area contributed by atoms with E-state index in [-0.39, 0.29) is 23.7 Å². The highest BCUT2D eigenvalue weighted by Crippen LogP contribution is 2.40. The second-order valence-electron chi connectivity index (χ2n) is 4.76. The number of fused-ring (bicyclic) bond motifs is 1. The average molecular weight is 432 g/mol. The first-order chi connectivity index (χ1) is 9.09. The second-order valence-corrected chi connectivity index (χ2v) is 6.86. The lowest BCUT2D eigenvalue weighted by Crippen LogP contribution is -2.31. The molecule has 3 rings (SSSR count). The largest absolute Gasteiger partial charge is 0.274 e. The maximum atomic E-state index is 12.5. The van der Waals surface area contributed by atoms with E-state index in [4.69, 9.17) is 0 Å². The van der Waals surface area contributed by atoms with Gasteiger partial charge in [0.2, 0.25) is 11.8 Å². The van der Waals surface area contributed by atoms with E-state index in [2.05, 4.69) is 38.5 Å². The molecule has 0 aromatic heterocycles. The number of allylic oxidation sites excluding steroid dienone is 2. The van der Waals surface area contributed by atoms with Crippen LogP contribution >= 0.6 is 38.5 Å². The van der Waals surface area contributed by atoms with Crippen LogP contribution in [0.5, 0.6) is 0 Å². The highest BCUT2D eigenvalue weighted by Gasteiger charge is 2.48. The zero-order valence-electron chi connectivity index (χ0n) is 9.98. The fraction of sp³-hybridized carbons (Fsp3) is 0.286. The molecule has 0 radical (unpaired) electrons. The van der Waals surface area contributed by atoms with Crippen LogP contribution in [-0.4, -0.2) is 11.8 Å². The predicted molar refractivity (Wildman–Crippen MR) is 84.7 cm³/mol. The Bertz CT molecular complexity index is 573. The van der Waals surface area contributed by atoms with Crippen LogP contribution in [0.2, 0.25) is 0 Å². The van der Waals surface area contributed by atoms with E-state index in [1.165, 1.54) is 4.90 Å². The van der Waals surface area contributed by atoms with Gasteiger partial charge in [-0.1, -0.05) is 12.2 Å². The molecule has 19 heavy (non-hydrogen) atoms. The summed E-state index contributed by atoms with van der Waals surface area (Å²) in [5, 5.41) is 0. The summed E-state index contributed by atoms with van der Waals surface area (Å²) in [5.74, 6) is -0.492. The van der Waals surface area contributed by atoms with Gasteiger partial charge in [-0.05, 0) is 69.6 Å². The topological polar surface area (TPSA) is 37.4 Å². The van der Waals surface area contributed by atoms with Crippen molar-refractivity contribution in [3.05, 3.63) is 38.4 Å². The number of hydrogen-bond donors (Lipinski definition) is 0. The second kappa shape index (κ2) is 5.01. The molecule has 2 amide bonds. The van der Waals surface area contributed by atoms with Crippen LogP contribution in [0.4, 0.5) is 5.69 Å². The molecular weight excluding hydrogens is 421 g/mol. The van der Waals surface area contributed by atoms with Gasteiger partial charge < -0.3 is 0 Å². The molecule has 0 N–H and O–H groups in total. The molecule has 2 atom stereocenters. The number of benzene rings is 1. The minimum absolute atomic E-state index is 0.0675. The predicted octanol–water partition coefficient (Wildman–Crippen LogP) is 3.51. The van der Waals surface area contributed by atoms with Gasteiger partial charge in [-0.2, -0.15) is 0 Å². The Balaban J connectivity index is 2.04. The van der Waals surface area contributed by atoms with Gasteiger partial charge >= 0.3 is 0 Å². The molecule has 2 aliphatic rings. The van der Waals surface area contributed by atoms with Crippen molar-refractivity contribution < 1.29 is 9.59 Å². The van der Waals surface area contributed by atoms with Gasteiger partial charge in [0.05, 0.1) is 17.5 Å². The molecule has 0 spiro atoms.